The first-order valence-electron chi connectivity index (χ1n) is 4.23. The number of nitrogen functional groups attached to an aromatic ring is 1. The largest absolute Gasteiger partial charge is 0.397 e. The lowest BCUT2D eigenvalue weighted by molar-refractivity contribution is 1.21. The predicted octanol–water partition coefficient (Wildman–Crippen LogP) is 4.37. The number of nitrogens with two attached hydrogens (primary N) is 1. The third-order valence-electron chi connectivity index (χ3n) is 2.10. The van der Waals surface area contributed by atoms with E-state index in [0.717, 1.165) is 26.8 Å². The number of halogens is 3. The number of para-hydroxylation sites is 1. The van der Waals surface area contributed by atoms with Crippen LogP contribution in [0.5, 0.6) is 0 Å². The molecule has 15 heavy (non-hydrogen) atoms. The number of rotatable bonds is 1. The zero-order valence-electron chi connectivity index (χ0n) is 7.55. The molecule has 0 saturated carbocycles. The first kappa shape index (κ1) is 11.4. The van der Waals surface area contributed by atoms with Gasteiger partial charge in [0.2, 0.25) is 0 Å². The van der Waals surface area contributed by atoms with E-state index in [1.54, 1.807) is 0 Å². The lowest BCUT2D eigenvalue weighted by Gasteiger charge is -2.10. The van der Waals surface area contributed by atoms with Crippen molar-refractivity contribution in [3.8, 4) is 0 Å². The molecule has 1 aromatic heterocycles. The molecule has 1 heterocycles. The lowest BCUT2D eigenvalue weighted by atomic mass is 10.2. The van der Waals surface area contributed by atoms with Gasteiger partial charge in [-0.05, 0) is 22.0 Å². The number of aromatic nitrogens is 1. The molecular formula is C10H7Br3N2. The summed E-state index contributed by atoms with van der Waals surface area (Å²) in [5, 5.41) is 0.966. The number of pyridine rings is 1. The Morgan fingerprint density at radius 1 is 1.20 bits per heavy atom. The maximum atomic E-state index is 6.03. The van der Waals surface area contributed by atoms with E-state index in [0.29, 0.717) is 0 Å². The summed E-state index contributed by atoms with van der Waals surface area (Å²) in [6.45, 7) is 0. The molecule has 2 rings (SSSR count). The van der Waals surface area contributed by atoms with Gasteiger partial charge in [-0.3, -0.25) is 0 Å². The summed E-state index contributed by atoms with van der Waals surface area (Å²) in [6, 6.07) is 7.81. The molecule has 0 aliphatic carbocycles. The van der Waals surface area contributed by atoms with Crippen molar-refractivity contribution < 1.29 is 0 Å². The van der Waals surface area contributed by atoms with Crippen molar-refractivity contribution >= 4 is 64.4 Å². The fourth-order valence-electron chi connectivity index (χ4n) is 1.38. The van der Waals surface area contributed by atoms with Crippen molar-refractivity contribution in [1.82, 2.24) is 4.98 Å². The molecule has 0 saturated heterocycles. The molecule has 0 aliphatic heterocycles. The summed E-state index contributed by atoms with van der Waals surface area (Å²) in [4.78, 5) is 4.51. The highest BCUT2D eigenvalue weighted by atomic mass is 79.9. The molecule has 0 spiro atoms. The topological polar surface area (TPSA) is 38.9 Å². The van der Waals surface area contributed by atoms with Crippen molar-refractivity contribution in [2.75, 3.05) is 5.73 Å². The van der Waals surface area contributed by atoms with E-state index >= 15 is 0 Å². The normalized spacial score (nSPS) is 11.2. The molecule has 2 aromatic rings. The fourth-order valence-corrected chi connectivity index (χ4v) is 3.19. The minimum Gasteiger partial charge on any atom is -0.397 e. The zero-order chi connectivity index (χ0) is 11.0. The van der Waals surface area contributed by atoms with Crippen LogP contribution in [0.15, 0.2) is 28.7 Å². The van der Waals surface area contributed by atoms with Crippen LogP contribution in [0.25, 0.3) is 10.9 Å². The van der Waals surface area contributed by atoms with Crippen LogP contribution >= 0.6 is 47.8 Å². The smallest absolute Gasteiger partial charge is 0.113 e. The van der Waals surface area contributed by atoms with Gasteiger partial charge in [0.05, 0.1) is 21.4 Å². The van der Waals surface area contributed by atoms with Crippen molar-refractivity contribution in [3.63, 3.8) is 0 Å². The second kappa shape index (κ2) is 4.39. The SMILES string of the molecule is Nc1c(Br)c(C(Br)Br)nc2ccccc12. The van der Waals surface area contributed by atoms with Crippen LogP contribution in [0.2, 0.25) is 0 Å². The lowest BCUT2D eigenvalue weighted by Crippen LogP contribution is -1.97. The summed E-state index contributed by atoms with van der Waals surface area (Å²) >= 11 is 10.3. The van der Waals surface area contributed by atoms with Gasteiger partial charge in [0.15, 0.2) is 0 Å². The number of hydrogen-bond acceptors (Lipinski definition) is 2. The predicted molar refractivity (Wildman–Crippen MR) is 74.5 cm³/mol. The second-order valence-electron chi connectivity index (χ2n) is 3.04. The molecule has 0 unspecified atom stereocenters. The summed E-state index contributed by atoms with van der Waals surface area (Å²) in [6.07, 6.45) is 0. The molecular weight excluding hydrogens is 388 g/mol. The molecule has 0 aliphatic rings. The van der Waals surface area contributed by atoms with Gasteiger partial charge in [0, 0.05) is 5.39 Å². The number of benzene rings is 1. The third-order valence-corrected chi connectivity index (χ3v) is 3.80. The van der Waals surface area contributed by atoms with Crippen LogP contribution in [0, 0.1) is 0 Å². The first-order chi connectivity index (χ1) is 7.11. The van der Waals surface area contributed by atoms with Crippen LogP contribution in [0.4, 0.5) is 5.69 Å². The highest BCUT2D eigenvalue weighted by Crippen LogP contribution is 2.38. The van der Waals surface area contributed by atoms with E-state index < -0.39 is 0 Å². The van der Waals surface area contributed by atoms with E-state index in [4.69, 9.17) is 5.73 Å². The Balaban J connectivity index is 2.82. The molecule has 0 amide bonds. The van der Waals surface area contributed by atoms with Crippen molar-refractivity contribution in [2.24, 2.45) is 0 Å². The minimum absolute atomic E-state index is 0.00807. The minimum atomic E-state index is -0.00807. The number of hydrogen-bond donors (Lipinski definition) is 1. The van der Waals surface area contributed by atoms with Crippen LogP contribution in [-0.4, -0.2) is 4.98 Å². The Morgan fingerprint density at radius 2 is 1.87 bits per heavy atom. The highest BCUT2D eigenvalue weighted by Gasteiger charge is 2.14. The third kappa shape index (κ3) is 2.05. The zero-order valence-corrected chi connectivity index (χ0v) is 12.3. The van der Waals surface area contributed by atoms with E-state index in [2.05, 4.69) is 52.8 Å². The Bertz CT molecular complexity index is 511. The van der Waals surface area contributed by atoms with Crippen LogP contribution in [0.1, 0.15) is 9.43 Å². The Morgan fingerprint density at radius 3 is 2.53 bits per heavy atom. The standard InChI is InChI=1S/C10H7Br3N2/c11-7-8(14)5-3-1-2-4-6(5)15-9(7)10(12)13/h1-4,10H,(H2,14,15). The van der Waals surface area contributed by atoms with Crippen molar-refractivity contribution in [1.29, 1.82) is 0 Å². The molecule has 1 aromatic carbocycles. The highest BCUT2D eigenvalue weighted by molar-refractivity contribution is 9.24. The van der Waals surface area contributed by atoms with Crippen molar-refractivity contribution in [3.05, 3.63) is 34.4 Å². The Kier molecular flexibility index (Phi) is 3.33. The Labute approximate surface area is 113 Å². The monoisotopic (exact) mass is 392 g/mol. The van der Waals surface area contributed by atoms with Crippen LogP contribution in [0.3, 0.4) is 0 Å². The first-order valence-corrected chi connectivity index (χ1v) is 6.85. The average Bonchev–Trinajstić information content (AvgIpc) is 2.23. The number of anilines is 1. The van der Waals surface area contributed by atoms with Gasteiger partial charge in [-0.1, -0.05) is 50.1 Å². The number of nitrogens with zero attached hydrogens (tertiary/aromatic N) is 1. The Hall–Kier alpha value is -0.130. The molecule has 0 radical (unpaired) electrons. The maximum absolute atomic E-state index is 6.03. The quantitative estimate of drug-likeness (QED) is 0.729. The average molecular weight is 395 g/mol. The molecule has 0 atom stereocenters. The maximum Gasteiger partial charge on any atom is 0.113 e. The van der Waals surface area contributed by atoms with Gasteiger partial charge in [-0.25, -0.2) is 4.98 Å². The summed E-state index contributed by atoms with van der Waals surface area (Å²) in [5.41, 5.74) is 8.50. The summed E-state index contributed by atoms with van der Waals surface area (Å²) < 4.78 is 0.825. The van der Waals surface area contributed by atoms with Crippen LogP contribution in [-0.2, 0) is 0 Å². The van der Waals surface area contributed by atoms with Gasteiger partial charge in [-0.15, -0.1) is 0 Å². The summed E-state index contributed by atoms with van der Waals surface area (Å²) in [7, 11) is 0. The van der Waals surface area contributed by atoms with E-state index in [9.17, 15) is 0 Å². The molecule has 5 heteroatoms. The number of fused-ring (bicyclic) bond motifs is 1. The van der Waals surface area contributed by atoms with Gasteiger partial charge < -0.3 is 5.73 Å². The van der Waals surface area contributed by atoms with Gasteiger partial charge in [0.25, 0.3) is 0 Å². The van der Waals surface area contributed by atoms with Crippen LogP contribution < -0.4 is 5.73 Å². The van der Waals surface area contributed by atoms with E-state index in [-0.39, 0.29) is 3.74 Å². The molecule has 0 bridgehead atoms. The molecule has 2 nitrogen and oxygen atoms in total. The molecule has 78 valence electrons. The van der Waals surface area contributed by atoms with Crippen molar-refractivity contribution in [2.45, 2.75) is 3.74 Å². The van der Waals surface area contributed by atoms with Gasteiger partial charge in [-0.2, -0.15) is 0 Å². The number of alkyl halides is 2. The molecule has 0 fully saturated rings. The van der Waals surface area contributed by atoms with Gasteiger partial charge >= 0.3 is 0 Å². The fraction of sp³-hybridized carbons (Fsp3) is 0.100. The molecule has 2 N–H and O–H groups in total. The second-order valence-corrected chi connectivity index (χ2v) is 6.90. The van der Waals surface area contributed by atoms with E-state index in [1.807, 2.05) is 24.3 Å². The van der Waals surface area contributed by atoms with E-state index in [1.165, 1.54) is 0 Å². The summed E-state index contributed by atoms with van der Waals surface area (Å²) in [5.74, 6) is 0. The van der Waals surface area contributed by atoms with Gasteiger partial charge in [0.1, 0.15) is 3.74 Å².